The van der Waals surface area contributed by atoms with Crippen LogP contribution in [0.5, 0.6) is 0 Å². The van der Waals surface area contributed by atoms with Crippen molar-refractivity contribution in [2.45, 2.75) is 53.0 Å². The number of aryl methyl sites for hydroxylation is 2. The van der Waals surface area contributed by atoms with E-state index < -0.39 is 0 Å². The molecule has 0 aliphatic carbocycles. The van der Waals surface area contributed by atoms with Gasteiger partial charge in [-0.25, -0.2) is 4.98 Å². The Morgan fingerprint density at radius 2 is 2.12 bits per heavy atom. The molecule has 0 amide bonds. The van der Waals surface area contributed by atoms with Crippen LogP contribution in [0, 0.1) is 12.8 Å². The number of aliphatic imine (C=N–C) groups is 1. The largest absolute Gasteiger partial charge is 0.466 e. The minimum absolute atomic E-state index is 0.0347. The second kappa shape index (κ2) is 10.8. The number of nitrogens with zero attached hydrogens (tertiary/aromatic N) is 4. The second-order valence-corrected chi connectivity index (χ2v) is 6.62. The molecule has 0 unspecified atom stereocenters. The van der Waals surface area contributed by atoms with Crippen molar-refractivity contribution < 1.29 is 9.53 Å². The number of carbonyl (C=O) groups is 1. The van der Waals surface area contributed by atoms with Gasteiger partial charge in [0.1, 0.15) is 5.82 Å². The molecule has 1 aliphatic rings. The number of piperidine rings is 1. The van der Waals surface area contributed by atoms with Crippen molar-refractivity contribution in [1.82, 2.24) is 19.8 Å². The van der Waals surface area contributed by atoms with Gasteiger partial charge in [0.25, 0.3) is 0 Å². The Hall–Kier alpha value is -2.05. The van der Waals surface area contributed by atoms with E-state index >= 15 is 0 Å². The fraction of sp³-hybridized carbons (Fsp3) is 0.737. The van der Waals surface area contributed by atoms with Crippen LogP contribution in [0.2, 0.25) is 0 Å². The molecule has 0 radical (unpaired) electrons. The van der Waals surface area contributed by atoms with Gasteiger partial charge in [0.2, 0.25) is 0 Å². The molecule has 0 spiro atoms. The molecule has 0 saturated carbocycles. The maximum Gasteiger partial charge on any atom is 0.309 e. The van der Waals surface area contributed by atoms with E-state index in [0.717, 1.165) is 70.2 Å². The third-order valence-corrected chi connectivity index (χ3v) is 4.74. The predicted molar refractivity (Wildman–Crippen MR) is 103 cm³/mol. The Bertz CT molecular complexity index is 576. The molecular weight excluding hydrogens is 330 g/mol. The van der Waals surface area contributed by atoms with E-state index in [1.165, 1.54) is 0 Å². The number of ether oxygens (including phenoxy) is 1. The number of unbranched alkanes of at least 4 members (excludes halogenated alkanes) is 1. The molecule has 26 heavy (non-hydrogen) atoms. The molecule has 7 nitrogen and oxygen atoms in total. The van der Waals surface area contributed by atoms with Crippen LogP contribution in [-0.4, -0.2) is 59.2 Å². The first kappa shape index (κ1) is 20.3. The molecule has 1 aliphatic heterocycles. The number of hydrogen-bond donors (Lipinski definition) is 1. The van der Waals surface area contributed by atoms with Gasteiger partial charge in [-0.1, -0.05) is 0 Å². The van der Waals surface area contributed by atoms with Crippen molar-refractivity contribution in [2.75, 3.05) is 32.8 Å². The molecule has 1 N–H and O–H groups in total. The van der Waals surface area contributed by atoms with Crippen molar-refractivity contribution >= 4 is 11.9 Å². The lowest BCUT2D eigenvalue weighted by molar-refractivity contribution is -0.149. The Balaban J connectivity index is 1.76. The third kappa shape index (κ3) is 6.04. The Morgan fingerprint density at radius 1 is 1.35 bits per heavy atom. The number of likely N-dealkylation sites (tertiary alicyclic amines) is 1. The van der Waals surface area contributed by atoms with Crippen molar-refractivity contribution in [3.63, 3.8) is 0 Å². The SMILES string of the molecule is CCNC(=NCCCCn1ccnc1C)N1CCC(C(=O)OCC)CC1. The topological polar surface area (TPSA) is 71.8 Å². The first-order valence-electron chi connectivity index (χ1n) is 9.83. The highest BCUT2D eigenvalue weighted by atomic mass is 16.5. The van der Waals surface area contributed by atoms with Gasteiger partial charge in [-0.2, -0.15) is 0 Å². The summed E-state index contributed by atoms with van der Waals surface area (Å²) in [6.07, 6.45) is 7.68. The first-order chi connectivity index (χ1) is 12.7. The summed E-state index contributed by atoms with van der Waals surface area (Å²) in [6.45, 7) is 10.8. The van der Waals surface area contributed by atoms with E-state index in [2.05, 4.69) is 26.7 Å². The standard InChI is InChI=1S/C19H33N5O2/c1-4-20-19(22-10-6-7-12-23-15-11-21-16(23)3)24-13-8-17(9-14-24)18(25)26-5-2/h11,15,17H,4-10,12-14H2,1-3H3,(H,20,22). The van der Waals surface area contributed by atoms with Crippen LogP contribution in [0.1, 0.15) is 45.4 Å². The monoisotopic (exact) mass is 363 g/mol. The summed E-state index contributed by atoms with van der Waals surface area (Å²) < 4.78 is 7.32. The third-order valence-electron chi connectivity index (χ3n) is 4.74. The van der Waals surface area contributed by atoms with Crippen LogP contribution < -0.4 is 5.32 Å². The molecule has 1 saturated heterocycles. The summed E-state index contributed by atoms with van der Waals surface area (Å²) in [5.41, 5.74) is 0. The highest BCUT2D eigenvalue weighted by Gasteiger charge is 2.27. The van der Waals surface area contributed by atoms with Crippen LogP contribution in [0.25, 0.3) is 0 Å². The van der Waals surface area contributed by atoms with E-state index in [4.69, 9.17) is 9.73 Å². The zero-order valence-electron chi connectivity index (χ0n) is 16.4. The Labute approximate surface area is 156 Å². The maximum atomic E-state index is 11.9. The van der Waals surface area contributed by atoms with Gasteiger partial charge in [-0.15, -0.1) is 0 Å². The van der Waals surface area contributed by atoms with Crippen LogP contribution in [-0.2, 0) is 16.1 Å². The summed E-state index contributed by atoms with van der Waals surface area (Å²) in [5, 5.41) is 3.38. The highest BCUT2D eigenvalue weighted by Crippen LogP contribution is 2.18. The smallest absolute Gasteiger partial charge is 0.309 e. The van der Waals surface area contributed by atoms with Crippen molar-refractivity contribution in [2.24, 2.45) is 10.9 Å². The van der Waals surface area contributed by atoms with Crippen LogP contribution in [0.15, 0.2) is 17.4 Å². The molecule has 0 bridgehead atoms. The second-order valence-electron chi connectivity index (χ2n) is 6.62. The molecule has 146 valence electrons. The van der Waals surface area contributed by atoms with E-state index in [9.17, 15) is 4.79 Å². The maximum absolute atomic E-state index is 11.9. The summed E-state index contributed by atoms with van der Waals surface area (Å²) in [7, 11) is 0. The van der Waals surface area contributed by atoms with Crippen LogP contribution in [0.4, 0.5) is 0 Å². The number of imidazole rings is 1. The van der Waals surface area contributed by atoms with E-state index in [1.807, 2.05) is 26.2 Å². The van der Waals surface area contributed by atoms with Crippen molar-refractivity contribution in [1.29, 1.82) is 0 Å². The lowest BCUT2D eigenvalue weighted by atomic mass is 9.97. The summed E-state index contributed by atoms with van der Waals surface area (Å²) in [5.74, 6) is 2.01. The molecule has 1 aromatic heterocycles. The number of guanidine groups is 1. The van der Waals surface area contributed by atoms with E-state index in [0.29, 0.717) is 6.61 Å². The van der Waals surface area contributed by atoms with Gasteiger partial charge in [-0.3, -0.25) is 9.79 Å². The number of hydrogen-bond acceptors (Lipinski definition) is 4. The van der Waals surface area contributed by atoms with Crippen LogP contribution in [0.3, 0.4) is 0 Å². The molecule has 0 aromatic carbocycles. The molecule has 2 heterocycles. The van der Waals surface area contributed by atoms with Gasteiger partial charge in [-0.05, 0) is 46.5 Å². The molecule has 7 heteroatoms. The number of nitrogens with one attached hydrogen (secondary N) is 1. The summed E-state index contributed by atoms with van der Waals surface area (Å²) in [6, 6.07) is 0. The van der Waals surface area contributed by atoms with Crippen molar-refractivity contribution in [3.8, 4) is 0 Å². The average Bonchev–Trinajstić information content (AvgIpc) is 3.06. The number of carbonyl (C=O) groups excluding carboxylic acids is 1. The fourth-order valence-electron chi connectivity index (χ4n) is 3.23. The molecular formula is C19H33N5O2. The quantitative estimate of drug-likeness (QED) is 0.332. The van der Waals surface area contributed by atoms with Gasteiger partial charge in [0.05, 0.1) is 12.5 Å². The predicted octanol–water partition coefficient (Wildman–Crippen LogP) is 2.21. The summed E-state index contributed by atoms with van der Waals surface area (Å²) >= 11 is 0. The van der Waals surface area contributed by atoms with Gasteiger partial charge >= 0.3 is 5.97 Å². The molecule has 2 rings (SSSR count). The molecule has 0 atom stereocenters. The lowest BCUT2D eigenvalue weighted by Crippen LogP contribution is -2.46. The van der Waals surface area contributed by atoms with E-state index in [-0.39, 0.29) is 11.9 Å². The number of rotatable bonds is 8. The minimum atomic E-state index is -0.0520. The van der Waals surface area contributed by atoms with Gasteiger partial charge in [0, 0.05) is 45.1 Å². The summed E-state index contributed by atoms with van der Waals surface area (Å²) in [4.78, 5) is 23.2. The lowest BCUT2D eigenvalue weighted by Gasteiger charge is -2.33. The Morgan fingerprint density at radius 3 is 2.73 bits per heavy atom. The number of esters is 1. The minimum Gasteiger partial charge on any atom is -0.466 e. The van der Waals surface area contributed by atoms with Crippen molar-refractivity contribution in [3.05, 3.63) is 18.2 Å². The molecule has 1 fully saturated rings. The average molecular weight is 364 g/mol. The Kier molecular flexibility index (Phi) is 8.44. The zero-order valence-corrected chi connectivity index (χ0v) is 16.4. The normalized spacial score (nSPS) is 16.0. The first-order valence-corrected chi connectivity index (χ1v) is 9.83. The van der Waals surface area contributed by atoms with E-state index in [1.54, 1.807) is 0 Å². The molecule has 1 aromatic rings. The van der Waals surface area contributed by atoms with Crippen LogP contribution >= 0.6 is 0 Å². The fourth-order valence-corrected chi connectivity index (χ4v) is 3.23. The highest BCUT2D eigenvalue weighted by molar-refractivity contribution is 5.80. The zero-order chi connectivity index (χ0) is 18.8. The number of aromatic nitrogens is 2. The van der Waals surface area contributed by atoms with Gasteiger partial charge < -0.3 is 19.5 Å². The van der Waals surface area contributed by atoms with Gasteiger partial charge in [0.15, 0.2) is 5.96 Å².